The van der Waals surface area contributed by atoms with Crippen LogP contribution in [0.15, 0.2) is 23.1 Å². The van der Waals surface area contributed by atoms with E-state index in [4.69, 9.17) is 0 Å². The molecule has 2 rings (SSSR count). The van der Waals surface area contributed by atoms with Gasteiger partial charge in [0.15, 0.2) is 10.9 Å². The molecule has 0 bridgehead atoms. The van der Waals surface area contributed by atoms with Gasteiger partial charge < -0.3 is 5.11 Å². The molecule has 8 nitrogen and oxygen atoms in total. The van der Waals surface area contributed by atoms with Crippen LogP contribution in [0, 0.1) is 24.0 Å². The zero-order valence-electron chi connectivity index (χ0n) is 11.0. The molecule has 0 aliphatic rings. The maximum Gasteiger partial charge on any atom is 0.312 e. The van der Waals surface area contributed by atoms with Crippen LogP contribution in [0.4, 0.5) is 10.8 Å². The Kier molecular flexibility index (Phi) is 3.83. The number of nitrogens with one attached hydrogen (secondary N) is 1. The molecule has 21 heavy (non-hydrogen) atoms. The van der Waals surface area contributed by atoms with Gasteiger partial charge in [-0.3, -0.25) is 14.8 Å². The van der Waals surface area contributed by atoms with E-state index < -0.39 is 26.4 Å². The van der Waals surface area contributed by atoms with Gasteiger partial charge in [0.1, 0.15) is 0 Å². The maximum atomic E-state index is 12.2. The van der Waals surface area contributed by atoms with E-state index in [0.717, 1.165) is 34.4 Å². The summed E-state index contributed by atoms with van der Waals surface area (Å²) in [5, 5.41) is 20.2. The Balaban J connectivity index is 2.40. The molecule has 0 saturated heterocycles. The highest BCUT2D eigenvalue weighted by atomic mass is 32.2. The van der Waals surface area contributed by atoms with Gasteiger partial charge in [-0.15, -0.1) is 11.3 Å². The van der Waals surface area contributed by atoms with Crippen molar-refractivity contribution in [3.63, 3.8) is 0 Å². The van der Waals surface area contributed by atoms with Crippen molar-refractivity contribution in [1.82, 2.24) is 4.98 Å². The van der Waals surface area contributed by atoms with Crippen molar-refractivity contribution in [1.29, 1.82) is 0 Å². The van der Waals surface area contributed by atoms with Crippen molar-refractivity contribution < 1.29 is 18.4 Å². The summed E-state index contributed by atoms with van der Waals surface area (Å²) in [6.45, 7) is 3.55. The number of phenols is 1. The normalized spacial score (nSPS) is 11.3. The molecule has 0 radical (unpaired) electrons. The number of sulfonamides is 1. The molecule has 1 aromatic carbocycles. The lowest BCUT2D eigenvalue weighted by Gasteiger charge is -2.05. The number of anilines is 1. The first kappa shape index (κ1) is 15.2. The smallest absolute Gasteiger partial charge is 0.312 e. The van der Waals surface area contributed by atoms with Gasteiger partial charge >= 0.3 is 5.69 Å². The molecule has 0 unspecified atom stereocenters. The molecular weight excluding hydrogens is 318 g/mol. The van der Waals surface area contributed by atoms with Crippen LogP contribution in [0.3, 0.4) is 0 Å². The summed E-state index contributed by atoms with van der Waals surface area (Å²) < 4.78 is 26.6. The molecule has 112 valence electrons. The largest absolute Gasteiger partial charge is 0.502 e. The molecule has 0 aliphatic heterocycles. The fourth-order valence-corrected chi connectivity index (χ4v) is 3.58. The second-order valence-corrected chi connectivity index (χ2v) is 7.06. The summed E-state index contributed by atoms with van der Waals surface area (Å²) in [6, 6.07) is 2.84. The number of nitro groups is 1. The predicted octanol–water partition coefficient (Wildman–Crippen LogP) is 2.17. The van der Waals surface area contributed by atoms with Crippen LogP contribution in [-0.2, 0) is 10.0 Å². The molecule has 1 aromatic heterocycles. The van der Waals surface area contributed by atoms with Crippen LogP contribution in [-0.4, -0.2) is 23.4 Å². The Labute approximate surface area is 124 Å². The van der Waals surface area contributed by atoms with E-state index >= 15 is 0 Å². The first-order valence-electron chi connectivity index (χ1n) is 5.65. The second kappa shape index (κ2) is 5.30. The number of thiazole rings is 1. The van der Waals surface area contributed by atoms with Crippen LogP contribution in [0.25, 0.3) is 0 Å². The highest BCUT2D eigenvalue weighted by Gasteiger charge is 2.22. The number of nitrogens with zero attached hydrogens (tertiary/aromatic N) is 2. The lowest BCUT2D eigenvalue weighted by Crippen LogP contribution is -2.13. The fraction of sp³-hybridized carbons (Fsp3) is 0.182. The maximum absolute atomic E-state index is 12.2. The summed E-state index contributed by atoms with van der Waals surface area (Å²) in [7, 11) is -4.01. The third-order valence-electron chi connectivity index (χ3n) is 2.70. The van der Waals surface area contributed by atoms with Crippen LogP contribution in [0.5, 0.6) is 5.75 Å². The molecule has 0 atom stereocenters. The van der Waals surface area contributed by atoms with Gasteiger partial charge in [0, 0.05) is 10.9 Å². The molecule has 10 heteroatoms. The number of aromatic hydroxyl groups is 1. The molecular formula is C11H11N3O5S2. The SMILES string of the molecule is Cc1nc(NS(=O)(=O)c2ccc(O)c([N+](=O)[O-])c2)sc1C. The summed E-state index contributed by atoms with van der Waals surface area (Å²) in [6.07, 6.45) is 0. The monoisotopic (exact) mass is 329 g/mol. The van der Waals surface area contributed by atoms with Crippen molar-refractivity contribution >= 4 is 32.2 Å². The van der Waals surface area contributed by atoms with Gasteiger partial charge in [-0.1, -0.05) is 0 Å². The molecule has 2 N–H and O–H groups in total. The number of benzene rings is 1. The van der Waals surface area contributed by atoms with Crippen LogP contribution < -0.4 is 4.72 Å². The van der Waals surface area contributed by atoms with Crippen molar-refractivity contribution in [2.45, 2.75) is 18.7 Å². The molecule has 0 saturated carbocycles. The number of aryl methyl sites for hydroxylation is 2. The standard InChI is InChI=1S/C11H11N3O5S2/c1-6-7(2)20-11(12-6)13-21(18,19)8-3-4-10(15)9(5-8)14(16)17/h3-5,15H,1-2H3,(H,12,13). The van der Waals surface area contributed by atoms with Crippen LogP contribution >= 0.6 is 11.3 Å². The van der Waals surface area contributed by atoms with E-state index in [1.54, 1.807) is 13.8 Å². The molecule has 0 spiro atoms. The highest BCUT2D eigenvalue weighted by Crippen LogP contribution is 2.30. The Bertz CT molecular complexity index is 794. The Morgan fingerprint density at radius 2 is 2.05 bits per heavy atom. The summed E-state index contributed by atoms with van der Waals surface area (Å²) in [5.74, 6) is -0.597. The third-order valence-corrected chi connectivity index (χ3v) is 5.16. The minimum Gasteiger partial charge on any atom is -0.502 e. The van der Waals surface area contributed by atoms with Gasteiger partial charge in [0.25, 0.3) is 10.0 Å². The van der Waals surface area contributed by atoms with Gasteiger partial charge in [-0.2, -0.15) is 0 Å². The van der Waals surface area contributed by atoms with E-state index in [2.05, 4.69) is 9.71 Å². The van der Waals surface area contributed by atoms with E-state index in [1.165, 1.54) is 0 Å². The lowest BCUT2D eigenvalue weighted by atomic mass is 10.3. The molecule has 1 heterocycles. The van der Waals surface area contributed by atoms with Gasteiger partial charge in [-0.05, 0) is 26.0 Å². The predicted molar refractivity (Wildman–Crippen MR) is 77.2 cm³/mol. The summed E-state index contributed by atoms with van der Waals surface area (Å²) in [5.41, 5.74) is 0.0266. The molecule has 0 aliphatic carbocycles. The minimum atomic E-state index is -4.01. The van der Waals surface area contributed by atoms with Crippen LogP contribution in [0.1, 0.15) is 10.6 Å². The molecule has 0 fully saturated rings. The summed E-state index contributed by atoms with van der Waals surface area (Å²) >= 11 is 1.16. The Morgan fingerprint density at radius 3 is 2.57 bits per heavy atom. The van der Waals surface area contributed by atoms with E-state index in [1.807, 2.05) is 0 Å². The Morgan fingerprint density at radius 1 is 1.38 bits per heavy atom. The second-order valence-electron chi connectivity index (χ2n) is 4.17. The zero-order chi connectivity index (χ0) is 15.8. The fourth-order valence-electron chi connectivity index (χ4n) is 1.51. The van der Waals surface area contributed by atoms with E-state index in [9.17, 15) is 23.6 Å². The van der Waals surface area contributed by atoms with Crippen molar-refractivity contribution in [3.8, 4) is 5.75 Å². The lowest BCUT2D eigenvalue weighted by molar-refractivity contribution is -0.386. The van der Waals surface area contributed by atoms with Gasteiger partial charge in [-0.25, -0.2) is 13.4 Å². The van der Waals surface area contributed by atoms with E-state index in [-0.39, 0.29) is 10.0 Å². The first-order chi connectivity index (χ1) is 9.70. The Hall–Kier alpha value is -2.20. The quantitative estimate of drug-likeness (QED) is 0.654. The first-order valence-corrected chi connectivity index (χ1v) is 7.95. The van der Waals surface area contributed by atoms with E-state index in [0.29, 0.717) is 5.69 Å². The van der Waals surface area contributed by atoms with Crippen molar-refractivity contribution in [2.75, 3.05) is 4.72 Å². The molecule has 2 aromatic rings. The number of phenolic OH excluding ortho intramolecular Hbond substituents is 1. The highest BCUT2D eigenvalue weighted by molar-refractivity contribution is 7.93. The average molecular weight is 329 g/mol. The average Bonchev–Trinajstić information content (AvgIpc) is 2.67. The topological polar surface area (TPSA) is 122 Å². The number of hydrogen-bond donors (Lipinski definition) is 2. The third kappa shape index (κ3) is 3.11. The summed E-state index contributed by atoms with van der Waals surface area (Å²) in [4.78, 5) is 14.5. The molecule has 0 amide bonds. The number of aromatic nitrogens is 1. The van der Waals surface area contributed by atoms with Crippen molar-refractivity contribution in [3.05, 3.63) is 38.9 Å². The number of nitro benzene ring substituents is 1. The van der Waals surface area contributed by atoms with Gasteiger partial charge in [0.05, 0.1) is 15.5 Å². The van der Waals surface area contributed by atoms with Gasteiger partial charge in [0.2, 0.25) is 0 Å². The van der Waals surface area contributed by atoms with Crippen molar-refractivity contribution in [2.24, 2.45) is 0 Å². The number of rotatable bonds is 4. The van der Waals surface area contributed by atoms with Crippen LogP contribution in [0.2, 0.25) is 0 Å². The number of hydrogen-bond acceptors (Lipinski definition) is 7. The zero-order valence-corrected chi connectivity index (χ0v) is 12.7. The minimum absolute atomic E-state index is 0.181.